The van der Waals surface area contributed by atoms with E-state index in [0.29, 0.717) is 18.5 Å². The minimum absolute atomic E-state index is 0.0303. The summed E-state index contributed by atoms with van der Waals surface area (Å²) in [5, 5.41) is 9.88. The Bertz CT molecular complexity index is 747. The van der Waals surface area contributed by atoms with Crippen molar-refractivity contribution in [1.82, 2.24) is 14.9 Å². The van der Waals surface area contributed by atoms with Gasteiger partial charge in [0.25, 0.3) is 0 Å². The van der Waals surface area contributed by atoms with Crippen LogP contribution in [0.1, 0.15) is 19.8 Å². The summed E-state index contributed by atoms with van der Waals surface area (Å²) in [5.41, 5.74) is 2.09. The van der Waals surface area contributed by atoms with Crippen molar-refractivity contribution in [3.63, 3.8) is 0 Å². The van der Waals surface area contributed by atoms with E-state index in [2.05, 4.69) is 23.9 Å². The Morgan fingerprint density at radius 1 is 1.57 bits per heavy atom. The maximum atomic E-state index is 12.1. The SMILES string of the molecule is CC1CCN(C(=O)CC#N)CC1[NH+](C)c1ccnc2[nH]ccc12. The summed E-state index contributed by atoms with van der Waals surface area (Å²) in [4.78, 5) is 22.7. The van der Waals surface area contributed by atoms with Gasteiger partial charge in [-0.15, -0.1) is 0 Å². The van der Waals surface area contributed by atoms with Crippen molar-refractivity contribution in [2.75, 3.05) is 20.1 Å². The molecule has 6 nitrogen and oxygen atoms in total. The van der Waals surface area contributed by atoms with Crippen molar-refractivity contribution < 1.29 is 9.69 Å². The number of pyridine rings is 1. The topological polar surface area (TPSA) is 77.2 Å². The molecule has 1 amide bonds. The average Bonchev–Trinajstić information content (AvgIpc) is 3.03. The molecule has 1 aliphatic rings. The van der Waals surface area contributed by atoms with Crippen molar-refractivity contribution in [3.05, 3.63) is 24.5 Å². The molecule has 23 heavy (non-hydrogen) atoms. The first-order valence-corrected chi connectivity index (χ1v) is 8.02. The summed E-state index contributed by atoms with van der Waals surface area (Å²) in [6, 6.07) is 6.37. The molecule has 2 aromatic rings. The molecule has 0 aromatic carbocycles. The Morgan fingerprint density at radius 3 is 3.17 bits per heavy atom. The number of quaternary nitrogens is 1. The standard InChI is InChI=1S/C17H21N5O/c1-12-6-10-22(16(23)3-7-18)11-15(12)21(2)14-5-9-20-17-13(14)4-8-19-17/h4-5,8-9,12,15H,3,6,10-11H2,1-2H3,(H,19,20)/p+1. The Hall–Kier alpha value is -2.39. The van der Waals surface area contributed by atoms with Gasteiger partial charge in [-0.1, -0.05) is 6.92 Å². The summed E-state index contributed by atoms with van der Waals surface area (Å²) in [6.07, 6.45) is 4.67. The van der Waals surface area contributed by atoms with E-state index in [4.69, 9.17) is 5.26 Å². The Balaban J connectivity index is 1.85. The van der Waals surface area contributed by atoms with Gasteiger partial charge in [-0.2, -0.15) is 5.26 Å². The van der Waals surface area contributed by atoms with Gasteiger partial charge in [0.2, 0.25) is 5.91 Å². The van der Waals surface area contributed by atoms with Gasteiger partial charge in [0.15, 0.2) is 0 Å². The second kappa shape index (κ2) is 6.39. The van der Waals surface area contributed by atoms with Crippen LogP contribution >= 0.6 is 0 Å². The molecule has 2 N–H and O–H groups in total. The van der Waals surface area contributed by atoms with E-state index in [0.717, 1.165) is 24.0 Å². The van der Waals surface area contributed by atoms with Crippen LogP contribution in [0.3, 0.4) is 0 Å². The monoisotopic (exact) mass is 312 g/mol. The van der Waals surface area contributed by atoms with E-state index >= 15 is 0 Å². The van der Waals surface area contributed by atoms with E-state index < -0.39 is 0 Å². The first-order valence-electron chi connectivity index (χ1n) is 8.02. The Kier molecular flexibility index (Phi) is 4.30. The van der Waals surface area contributed by atoms with E-state index in [1.165, 1.54) is 10.6 Å². The van der Waals surface area contributed by atoms with E-state index in [9.17, 15) is 4.79 Å². The minimum Gasteiger partial charge on any atom is -0.346 e. The second-order valence-electron chi connectivity index (χ2n) is 6.33. The molecule has 6 heteroatoms. The highest BCUT2D eigenvalue weighted by atomic mass is 16.2. The van der Waals surface area contributed by atoms with E-state index in [1.807, 2.05) is 35.5 Å². The third-order valence-corrected chi connectivity index (χ3v) is 4.98. The van der Waals surface area contributed by atoms with Gasteiger partial charge >= 0.3 is 0 Å². The molecule has 0 saturated carbocycles. The van der Waals surface area contributed by atoms with Crippen LogP contribution in [0.2, 0.25) is 0 Å². The van der Waals surface area contributed by atoms with Crippen molar-refractivity contribution in [2.24, 2.45) is 5.92 Å². The number of likely N-dealkylation sites (N-methyl/N-ethyl adjacent to an activating group) is 1. The summed E-state index contributed by atoms with van der Waals surface area (Å²) >= 11 is 0. The van der Waals surface area contributed by atoms with Gasteiger partial charge in [-0.25, -0.2) is 4.98 Å². The number of fused-ring (bicyclic) bond motifs is 1. The van der Waals surface area contributed by atoms with Crippen molar-refractivity contribution in [2.45, 2.75) is 25.8 Å². The lowest BCUT2D eigenvalue weighted by molar-refractivity contribution is -0.843. The molecule has 1 fully saturated rings. The molecular formula is C17H22N5O+. The fourth-order valence-electron chi connectivity index (χ4n) is 3.54. The molecule has 1 aliphatic heterocycles. The molecule has 0 bridgehead atoms. The predicted octanol–water partition coefficient (Wildman–Crippen LogP) is 0.860. The van der Waals surface area contributed by atoms with Crippen LogP contribution in [0, 0.1) is 17.2 Å². The molecule has 2 aromatic heterocycles. The van der Waals surface area contributed by atoms with Gasteiger partial charge in [-0.3, -0.25) is 4.79 Å². The predicted molar refractivity (Wildman–Crippen MR) is 87.0 cm³/mol. The molecule has 1 saturated heterocycles. The van der Waals surface area contributed by atoms with Crippen LogP contribution in [-0.2, 0) is 4.79 Å². The number of aromatic amines is 1. The first kappa shape index (κ1) is 15.5. The molecule has 3 atom stereocenters. The van der Waals surface area contributed by atoms with Gasteiger partial charge in [-0.05, 0) is 12.5 Å². The number of hydrogen-bond donors (Lipinski definition) is 2. The number of carbonyl (C=O) groups excluding carboxylic acids is 1. The molecule has 3 unspecified atom stereocenters. The number of amides is 1. The summed E-state index contributed by atoms with van der Waals surface area (Å²) in [7, 11) is 2.15. The zero-order chi connectivity index (χ0) is 16.4. The number of rotatable bonds is 3. The zero-order valence-corrected chi connectivity index (χ0v) is 13.5. The Morgan fingerprint density at radius 2 is 2.39 bits per heavy atom. The van der Waals surface area contributed by atoms with Gasteiger partial charge < -0.3 is 14.8 Å². The molecule has 0 spiro atoms. The number of likely N-dealkylation sites (tertiary alicyclic amines) is 1. The first-order chi connectivity index (χ1) is 11.1. The number of carbonyl (C=O) groups is 1. The maximum absolute atomic E-state index is 12.1. The van der Waals surface area contributed by atoms with E-state index in [-0.39, 0.29) is 12.3 Å². The van der Waals surface area contributed by atoms with E-state index in [1.54, 1.807) is 0 Å². The third-order valence-electron chi connectivity index (χ3n) is 4.98. The summed E-state index contributed by atoms with van der Waals surface area (Å²) in [5.74, 6) is 0.460. The number of hydrogen-bond acceptors (Lipinski definition) is 3. The summed E-state index contributed by atoms with van der Waals surface area (Å²) < 4.78 is 0. The zero-order valence-electron chi connectivity index (χ0n) is 13.5. The number of H-pyrrole nitrogens is 1. The molecule has 0 radical (unpaired) electrons. The fraction of sp³-hybridized carbons (Fsp3) is 0.471. The molecule has 3 rings (SSSR count). The van der Waals surface area contributed by atoms with Crippen molar-refractivity contribution >= 4 is 22.6 Å². The quantitative estimate of drug-likeness (QED) is 0.882. The fourth-order valence-corrected chi connectivity index (χ4v) is 3.54. The van der Waals surface area contributed by atoms with Crippen LogP contribution in [0.5, 0.6) is 0 Å². The number of nitriles is 1. The molecular weight excluding hydrogens is 290 g/mol. The highest BCUT2D eigenvalue weighted by Crippen LogP contribution is 2.21. The maximum Gasteiger partial charge on any atom is 0.237 e. The number of nitrogens with zero attached hydrogens (tertiary/aromatic N) is 3. The van der Waals surface area contributed by atoms with Gasteiger partial charge in [0.05, 0.1) is 25.0 Å². The number of nitrogens with one attached hydrogen (secondary N) is 2. The lowest BCUT2D eigenvalue weighted by Gasteiger charge is -2.39. The number of piperidine rings is 1. The Labute approximate surface area is 135 Å². The minimum atomic E-state index is -0.0567. The van der Waals surface area contributed by atoms with Crippen LogP contribution in [0.15, 0.2) is 24.5 Å². The smallest absolute Gasteiger partial charge is 0.237 e. The molecule has 120 valence electrons. The summed E-state index contributed by atoms with van der Waals surface area (Å²) in [6.45, 7) is 3.69. The lowest BCUT2D eigenvalue weighted by atomic mass is 9.91. The van der Waals surface area contributed by atoms with Crippen LogP contribution in [0.4, 0.5) is 5.69 Å². The molecule has 3 heterocycles. The third kappa shape index (κ3) is 2.92. The second-order valence-corrected chi connectivity index (χ2v) is 6.33. The van der Waals surface area contributed by atoms with Gasteiger partial charge in [0.1, 0.15) is 23.8 Å². The normalized spacial score (nSPS) is 22.7. The average molecular weight is 312 g/mol. The largest absolute Gasteiger partial charge is 0.346 e. The van der Waals surface area contributed by atoms with Crippen LogP contribution < -0.4 is 4.90 Å². The van der Waals surface area contributed by atoms with Crippen molar-refractivity contribution in [1.29, 1.82) is 5.26 Å². The van der Waals surface area contributed by atoms with Crippen LogP contribution in [-0.4, -0.2) is 47.0 Å². The highest BCUT2D eigenvalue weighted by molar-refractivity contribution is 5.85. The molecule has 0 aliphatic carbocycles. The highest BCUT2D eigenvalue weighted by Gasteiger charge is 2.35. The van der Waals surface area contributed by atoms with Gasteiger partial charge in [0, 0.05) is 30.9 Å². The van der Waals surface area contributed by atoms with Crippen molar-refractivity contribution in [3.8, 4) is 6.07 Å². The number of aromatic nitrogens is 2. The van der Waals surface area contributed by atoms with Crippen LogP contribution in [0.25, 0.3) is 11.0 Å². The lowest BCUT2D eigenvalue weighted by Crippen LogP contribution is -3.10.